The molecule has 0 saturated carbocycles. The van der Waals surface area contributed by atoms with Gasteiger partial charge in [-0.2, -0.15) is 5.10 Å². The molecule has 74 valence electrons. The summed E-state index contributed by atoms with van der Waals surface area (Å²) >= 11 is 0. The van der Waals surface area contributed by atoms with Crippen molar-refractivity contribution in [2.45, 2.75) is 0 Å². The number of hydrazone groups is 1. The Kier molecular flexibility index (Phi) is 3.93. The molecule has 2 amide bonds. The fraction of sp³-hybridized carbons (Fsp3) is 0.125. The summed E-state index contributed by atoms with van der Waals surface area (Å²) in [5.74, 6) is 0.748. The number of amides is 2. The zero-order chi connectivity index (χ0) is 10.2. The van der Waals surface area contributed by atoms with Crippen molar-refractivity contribution in [3.8, 4) is 0 Å². The van der Waals surface area contributed by atoms with Gasteiger partial charge in [-0.25, -0.2) is 15.2 Å². The molecular weight excluding hydrogens is 182 g/mol. The first-order chi connectivity index (χ1) is 6.79. The molecule has 0 aromatic carbocycles. The van der Waals surface area contributed by atoms with Gasteiger partial charge in [-0.1, -0.05) is 6.07 Å². The van der Waals surface area contributed by atoms with Crippen molar-refractivity contribution in [2.75, 3.05) is 11.9 Å². The molecule has 1 aromatic rings. The summed E-state index contributed by atoms with van der Waals surface area (Å²) in [6.07, 6.45) is 3.17. The van der Waals surface area contributed by atoms with E-state index in [2.05, 4.69) is 20.8 Å². The Labute approximate surface area is 81.2 Å². The molecule has 1 aromatic heterocycles. The van der Waals surface area contributed by atoms with E-state index in [4.69, 9.17) is 5.73 Å². The number of anilines is 1. The van der Waals surface area contributed by atoms with E-state index in [0.29, 0.717) is 6.54 Å². The summed E-state index contributed by atoms with van der Waals surface area (Å²) in [6.45, 7) is 0.470. The number of nitrogens with two attached hydrogens (primary N) is 1. The van der Waals surface area contributed by atoms with E-state index in [1.54, 1.807) is 6.20 Å². The van der Waals surface area contributed by atoms with Crippen molar-refractivity contribution < 1.29 is 4.79 Å². The standard InChI is InChI=1S/C8H11N5O/c9-8(14)13-12-6-5-11-7-3-1-2-4-10-7/h1-4,6H,5H2,(H,10,11)(H3,9,13,14)/b12-6+. The highest BCUT2D eigenvalue weighted by Crippen LogP contribution is 1.97. The van der Waals surface area contributed by atoms with Gasteiger partial charge < -0.3 is 11.1 Å². The number of rotatable bonds is 4. The predicted octanol–water partition coefficient (Wildman–Crippen LogP) is 0.148. The highest BCUT2D eigenvalue weighted by Gasteiger charge is 1.87. The molecule has 1 heterocycles. The first kappa shape index (κ1) is 9.97. The summed E-state index contributed by atoms with van der Waals surface area (Å²) in [5.41, 5.74) is 6.87. The van der Waals surface area contributed by atoms with Gasteiger partial charge in [-0.3, -0.25) is 0 Å². The number of urea groups is 1. The SMILES string of the molecule is NC(=O)N/N=C/CNc1ccccn1. The molecule has 0 fully saturated rings. The van der Waals surface area contributed by atoms with Crippen LogP contribution in [0.4, 0.5) is 10.6 Å². The third-order valence-electron chi connectivity index (χ3n) is 1.31. The fourth-order valence-electron chi connectivity index (χ4n) is 0.772. The Hall–Kier alpha value is -2.11. The summed E-state index contributed by atoms with van der Waals surface area (Å²) < 4.78 is 0. The highest BCUT2D eigenvalue weighted by atomic mass is 16.2. The number of hydrogen-bond acceptors (Lipinski definition) is 4. The van der Waals surface area contributed by atoms with Crippen LogP contribution in [0.25, 0.3) is 0 Å². The summed E-state index contributed by atoms with van der Waals surface area (Å²) in [4.78, 5) is 14.2. The summed E-state index contributed by atoms with van der Waals surface area (Å²) in [5, 5.41) is 6.51. The van der Waals surface area contributed by atoms with Crippen molar-refractivity contribution in [2.24, 2.45) is 10.8 Å². The van der Waals surface area contributed by atoms with E-state index in [0.717, 1.165) is 5.82 Å². The van der Waals surface area contributed by atoms with Crippen LogP contribution >= 0.6 is 0 Å². The van der Waals surface area contributed by atoms with Crippen LogP contribution in [0.3, 0.4) is 0 Å². The number of carbonyl (C=O) groups is 1. The summed E-state index contributed by atoms with van der Waals surface area (Å²) in [7, 11) is 0. The highest BCUT2D eigenvalue weighted by molar-refractivity contribution is 5.73. The lowest BCUT2D eigenvalue weighted by Gasteiger charge is -1.99. The second-order valence-electron chi connectivity index (χ2n) is 2.38. The Balaban J connectivity index is 2.22. The zero-order valence-corrected chi connectivity index (χ0v) is 7.47. The molecule has 6 nitrogen and oxygen atoms in total. The van der Waals surface area contributed by atoms with Crippen molar-refractivity contribution in [3.05, 3.63) is 24.4 Å². The number of carbonyl (C=O) groups excluding carboxylic acids is 1. The molecule has 0 bridgehead atoms. The maximum absolute atomic E-state index is 10.2. The molecule has 0 radical (unpaired) electrons. The first-order valence-corrected chi connectivity index (χ1v) is 4.01. The molecule has 4 N–H and O–H groups in total. The minimum atomic E-state index is -0.681. The maximum atomic E-state index is 10.2. The number of nitrogens with one attached hydrogen (secondary N) is 2. The molecule has 0 spiro atoms. The number of primary amides is 1. The van der Waals surface area contributed by atoms with Gasteiger partial charge in [0.1, 0.15) is 5.82 Å². The molecular formula is C8H11N5O. The van der Waals surface area contributed by atoms with Crippen LogP contribution in [0.1, 0.15) is 0 Å². The van der Waals surface area contributed by atoms with E-state index >= 15 is 0 Å². The smallest absolute Gasteiger partial charge is 0.332 e. The van der Waals surface area contributed by atoms with Gasteiger partial charge in [0.25, 0.3) is 0 Å². The van der Waals surface area contributed by atoms with Gasteiger partial charge in [-0.05, 0) is 12.1 Å². The molecule has 0 aliphatic heterocycles. The van der Waals surface area contributed by atoms with Crippen LogP contribution in [0, 0.1) is 0 Å². The molecule has 0 unspecified atom stereocenters. The van der Waals surface area contributed by atoms with Crippen LogP contribution in [-0.2, 0) is 0 Å². The van der Waals surface area contributed by atoms with Gasteiger partial charge >= 0.3 is 6.03 Å². The second-order valence-corrected chi connectivity index (χ2v) is 2.38. The van der Waals surface area contributed by atoms with Crippen molar-refractivity contribution in [1.82, 2.24) is 10.4 Å². The van der Waals surface area contributed by atoms with E-state index in [1.807, 2.05) is 18.2 Å². The topological polar surface area (TPSA) is 92.4 Å². The second kappa shape index (κ2) is 5.52. The minimum absolute atomic E-state index is 0.470. The number of nitrogens with zero attached hydrogens (tertiary/aromatic N) is 2. The monoisotopic (exact) mass is 193 g/mol. The number of aromatic nitrogens is 1. The van der Waals surface area contributed by atoms with Crippen LogP contribution in [-0.4, -0.2) is 23.8 Å². The van der Waals surface area contributed by atoms with Crippen molar-refractivity contribution in [1.29, 1.82) is 0 Å². The van der Waals surface area contributed by atoms with E-state index in [9.17, 15) is 4.79 Å². The molecule has 1 rings (SSSR count). The first-order valence-electron chi connectivity index (χ1n) is 4.01. The fourth-order valence-corrected chi connectivity index (χ4v) is 0.772. The van der Waals surface area contributed by atoms with E-state index < -0.39 is 6.03 Å². The average molecular weight is 193 g/mol. The lowest BCUT2D eigenvalue weighted by Crippen LogP contribution is -2.24. The van der Waals surface area contributed by atoms with Gasteiger partial charge in [0.15, 0.2) is 0 Å². The zero-order valence-electron chi connectivity index (χ0n) is 7.47. The van der Waals surface area contributed by atoms with Gasteiger partial charge in [0, 0.05) is 12.4 Å². The van der Waals surface area contributed by atoms with E-state index in [1.165, 1.54) is 6.21 Å². The Morgan fingerprint density at radius 3 is 3.14 bits per heavy atom. The van der Waals surface area contributed by atoms with Gasteiger partial charge in [-0.15, -0.1) is 0 Å². The molecule has 0 aliphatic rings. The third kappa shape index (κ3) is 4.05. The molecule has 0 aliphatic carbocycles. The molecule has 0 atom stereocenters. The average Bonchev–Trinajstić information content (AvgIpc) is 2.18. The quantitative estimate of drug-likeness (QED) is 0.469. The molecule has 14 heavy (non-hydrogen) atoms. The largest absolute Gasteiger partial charge is 0.365 e. The van der Waals surface area contributed by atoms with Crippen molar-refractivity contribution >= 4 is 18.1 Å². The minimum Gasteiger partial charge on any atom is -0.365 e. The Morgan fingerprint density at radius 2 is 2.50 bits per heavy atom. The van der Waals surface area contributed by atoms with E-state index in [-0.39, 0.29) is 0 Å². The number of pyridine rings is 1. The Morgan fingerprint density at radius 1 is 1.64 bits per heavy atom. The molecule has 0 saturated heterocycles. The third-order valence-corrected chi connectivity index (χ3v) is 1.31. The van der Waals surface area contributed by atoms with Crippen LogP contribution < -0.4 is 16.5 Å². The summed E-state index contributed by atoms with van der Waals surface area (Å²) in [6, 6.07) is 4.84. The van der Waals surface area contributed by atoms with Gasteiger partial charge in [0.2, 0.25) is 0 Å². The Bertz CT molecular complexity index is 311. The lowest BCUT2D eigenvalue weighted by atomic mass is 10.4. The maximum Gasteiger partial charge on any atom is 0.332 e. The van der Waals surface area contributed by atoms with Gasteiger partial charge in [0.05, 0.1) is 6.54 Å². The number of hydrogen-bond donors (Lipinski definition) is 3. The lowest BCUT2D eigenvalue weighted by molar-refractivity contribution is 0.249. The molecule has 6 heteroatoms. The van der Waals surface area contributed by atoms with Crippen LogP contribution in [0.15, 0.2) is 29.5 Å². The normalized spacial score (nSPS) is 10.0. The predicted molar refractivity (Wildman–Crippen MR) is 53.9 cm³/mol. The van der Waals surface area contributed by atoms with Crippen LogP contribution in [0.2, 0.25) is 0 Å². The van der Waals surface area contributed by atoms with Crippen LogP contribution in [0.5, 0.6) is 0 Å². The van der Waals surface area contributed by atoms with Crippen molar-refractivity contribution in [3.63, 3.8) is 0 Å².